The average Bonchev–Trinajstić information content (AvgIpc) is 3.08. The molecule has 6 nitrogen and oxygen atoms in total. The molecule has 2 heterocycles. The first-order chi connectivity index (χ1) is 11.5. The van der Waals surface area contributed by atoms with Gasteiger partial charge in [-0.3, -0.25) is 14.3 Å². The molecule has 126 valence electrons. The topological polar surface area (TPSA) is 75.4 Å². The van der Waals surface area contributed by atoms with Gasteiger partial charge in [0.25, 0.3) is 5.91 Å². The molecule has 0 bridgehead atoms. The van der Waals surface area contributed by atoms with Gasteiger partial charge < -0.3 is 10.0 Å². The predicted octanol–water partition coefficient (Wildman–Crippen LogP) is 2.26. The summed E-state index contributed by atoms with van der Waals surface area (Å²) in [7, 11) is 0. The van der Waals surface area contributed by atoms with Gasteiger partial charge in [-0.05, 0) is 43.5 Å². The zero-order chi connectivity index (χ0) is 17.2. The van der Waals surface area contributed by atoms with Gasteiger partial charge in [-0.2, -0.15) is 5.10 Å². The van der Waals surface area contributed by atoms with E-state index in [0.29, 0.717) is 31.5 Å². The van der Waals surface area contributed by atoms with E-state index in [4.69, 9.17) is 0 Å². The fraction of sp³-hybridized carbons (Fsp3) is 0.389. The van der Waals surface area contributed by atoms with Gasteiger partial charge in [0.2, 0.25) is 0 Å². The third kappa shape index (κ3) is 3.32. The molecule has 1 aromatic heterocycles. The Morgan fingerprint density at radius 3 is 2.67 bits per heavy atom. The lowest BCUT2D eigenvalue weighted by molar-refractivity contribution is -0.150. The molecule has 1 aromatic carbocycles. The van der Waals surface area contributed by atoms with Crippen LogP contribution in [0.25, 0.3) is 0 Å². The largest absolute Gasteiger partial charge is 0.481 e. The van der Waals surface area contributed by atoms with Crippen LogP contribution in [0.1, 0.15) is 35.7 Å². The Labute approximate surface area is 140 Å². The minimum Gasteiger partial charge on any atom is -0.481 e. The highest BCUT2D eigenvalue weighted by Gasteiger charge is 2.39. The number of amides is 1. The van der Waals surface area contributed by atoms with Crippen LogP contribution >= 0.6 is 0 Å². The van der Waals surface area contributed by atoms with E-state index in [0.717, 1.165) is 5.56 Å². The van der Waals surface area contributed by atoms with Crippen molar-refractivity contribution in [2.45, 2.75) is 26.3 Å². The van der Waals surface area contributed by atoms with Crippen LogP contribution in [0.15, 0.2) is 42.7 Å². The van der Waals surface area contributed by atoms with E-state index in [1.165, 1.54) is 0 Å². The third-order valence-electron chi connectivity index (χ3n) is 4.60. The number of piperidine rings is 1. The molecule has 0 spiro atoms. The number of rotatable bonds is 4. The maximum absolute atomic E-state index is 12.7. The summed E-state index contributed by atoms with van der Waals surface area (Å²) in [4.78, 5) is 25.7. The smallest absolute Gasteiger partial charge is 0.311 e. The normalized spacial score (nSPS) is 20.8. The number of carbonyl (C=O) groups excluding carboxylic acids is 1. The number of hydrogen-bond acceptors (Lipinski definition) is 3. The molecule has 1 N–H and O–H groups in total. The summed E-state index contributed by atoms with van der Waals surface area (Å²) in [5.41, 5.74) is 0.798. The third-order valence-corrected chi connectivity index (χ3v) is 4.60. The number of hydrogen-bond donors (Lipinski definition) is 1. The minimum absolute atomic E-state index is 0.104. The van der Waals surface area contributed by atoms with Gasteiger partial charge in [0.1, 0.15) is 0 Å². The highest BCUT2D eigenvalue weighted by atomic mass is 16.4. The number of nitrogens with zero attached hydrogens (tertiary/aromatic N) is 3. The molecule has 0 aliphatic carbocycles. The molecular weight excluding hydrogens is 306 g/mol. The Morgan fingerprint density at radius 2 is 2.04 bits per heavy atom. The fourth-order valence-corrected chi connectivity index (χ4v) is 3.10. The summed E-state index contributed by atoms with van der Waals surface area (Å²) in [5, 5.41) is 13.5. The van der Waals surface area contributed by atoms with E-state index >= 15 is 0 Å². The molecule has 6 heteroatoms. The Morgan fingerprint density at radius 1 is 1.29 bits per heavy atom. The highest BCUT2D eigenvalue weighted by Crippen LogP contribution is 2.30. The van der Waals surface area contributed by atoms with E-state index in [9.17, 15) is 14.7 Å². The number of aromatic nitrogens is 2. The summed E-state index contributed by atoms with van der Waals surface area (Å²) in [6, 6.07) is 9.29. The Hall–Kier alpha value is -2.63. The van der Waals surface area contributed by atoms with Crippen LogP contribution in [-0.4, -0.2) is 44.8 Å². The molecule has 1 amide bonds. The standard InChI is InChI=1S/C18H21N3O3/c1-18(17(23)24)8-2-10-20(13-18)16(22)15-6-4-14(5-7-15)12-21-11-3-9-19-21/h3-7,9,11H,2,8,10,12-13H2,1H3,(H,23,24). The number of benzene rings is 1. The molecule has 0 saturated carbocycles. The first-order valence-corrected chi connectivity index (χ1v) is 8.07. The molecule has 1 aliphatic rings. The highest BCUT2D eigenvalue weighted by molar-refractivity contribution is 5.94. The summed E-state index contributed by atoms with van der Waals surface area (Å²) < 4.78 is 1.82. The first kappa shape index (κ1) is 16.2. The molecular formula is C18H21N3O3. The number of carboxylic acid groups (broad SMARTS) is 1. The molecule has 1 aliphatic heterocycles. The van der Waals surface area contributed by atoms with Crippen LogP contribution in [0.2, 0.25) is 0 Å². The Balaban J connectivity index is 1.69. The van der Waals surface area contributed by atoms with E-state index in [2.05, 4.69) is 5.10 Å². The summed E-state index contributed by atoms with van der Waals surface area (Å²) in [6.07, 6.45) is 4.94. The predicted molar refractivity (Wildman–Crippen MR) is 88.7 cm³/mol. The zero-order valence-corrected chi connectivity index (χ0v) is 13.7. The molecule has 1 unspecified atom stereocenters. The molecule has 1 saturated heterocycles. The zero-order valence-electron chi connectivity index (χ0n) is 13.7. The van der Waals surface area contributed by atoms with Crippen LogP contribution in [0, 0.1) is 5.41 Å². The van der Waals surface area contributed by atoms with Crippen LogP contribution in [0.4, 0.5) is 0 Å². The number of likely N-dealkylation sites (tertiary alicyclic amines) is 1. The maximum atomic E-state index is 12.7. The molecule has 2 aromatic rings. The van der Waals surface area contributed by atoms with E-state index in [1.54, 1.807) is 30.2 Å². The SMILES string of the molecule is CC1(C(=O)O)CCCN(C(=O)c2ccc(Cn3cccn3)cc2)C1. The number of carboxylic acids is 1. The van der Waals surface area contributed by atoms with E-state index < -0.39 is 11.4 Å². The van der Waals surface area contributed by atoms with Crippen molar-refractivity contribution in [3.05, 3.63) is 53.9 Å². The van der Waals surface area contributed by atoms with Crippen molar-refractivity contribution in [2.75, 3.05) is 13.1 Å². The second-order valence-electron chi connectivity index (χ2n) is 6.60. The fourth-order valence-electron chi connectivity index (χ4n) is 3.10. The van der Waals surface area contributed by atoms with Gasteiger partial charge in [-0.25, -0.2) is 0 Å². The van der Waals surface area contributed by atoms with Gasteiger partial charge in [-0.1, -0.05) is 12.1 Å². The lowest BCUT2D eigenvalue weighted by Gasteiger charge is -2.37. The van der Waals surface area contributed by atoms with Crippen molar-refractivity contribution in [1.82, 2.24) is 14.7 Å². The lowest BCUT2D eigenvalue weighted by Crippen LogP contribution is -2.48. The van der Waals surface area contributed by atoms with Gasteiger partial charge >= 0.3 is 5.97 Å². The van der Waals surface area contributed by atoms with E-state index in [1.807, 2.05) is 29.1 Å². The lowest BCUT2D eigenvalue weighted by atomic mass is 9.82. The Kier molecular flexibility index (Phi) is 4.38. The molecule has 24 heavy (non-hydrogen) atoms. The van der Waals surface area contributed by atoms with Crippen LogP contribution < -0.4 is 0 Å². The van der Waals surface area contributed by atoms with Crippen molar-refractivity contribution < 1.29 is 14.7 Å². The quantitative estimate of drug-likeness (QED) is 0.934. The first-order valence-electron chi connectivity index (χ1n) is 8.07. The summed E-state index contributed by atoms with van der Waals surface area (Å²) in [6.45, 7) is 3.23. The van der Waals surface area contributed by atoms with Crippen LogP contribution in [0.3, 0.4) is 0 Å². The van der Waals surface area contributed by atoms with Gasteiger partial charge in [0.15, 0.2) is 0 Å². The van der Waals surface area contributed by atoms with Crippen molar-refractivity contribution in [3.8, 4) is 0 Å². The molecule has 0 radical (unpaired) electrons. The van der Waals surface area contributed by atoms with E-state index in [-0.39, 0.29) is 12.5 Å². The van der Waals surface area contributed by atoms with Crippen molar-refractivity contribution in [1.29, 1.82) is 0 Å². The molecule has 3 rings (SSSR count). The minimum atomic E-state index is -0.853. The number of aliphatic carboxylic acids is 1. The van der Waals surface area contributed by atoms with Crippen molar-refractivity contribution in [3.63, 3.8) is 0 Å². The monoisotopic (exact) mass is 327 g/mol. The Bertz CT molecular complexity index is 724. The average molecular weight is 327 g/mol. The molecule has 1 fully saturated rings. The maximum Gasteiger partial charge on any atom is 0.311 e. The van der Waals surface area contributed by atoms with Crippen molar-refractivity contribution >= 4 is 11.9 Å². The van der Waals surface area contributed by atoms with Gasteiger partial charge in [-0.15, -0.1) is 0 Å². The second kappa shape index (κ2) is 6.47. The molecule has 1 atom stereocenters. The number of carbonyl (C=O) groups is 2. The van der Waals surface area contributed by atoms with Crippen LogP contribution in [-0.2, 0) is 11.3 Å². The van der Waals surface area contributed by atoms with Gasteiger partial charge in [0.05, 0.1) is 12.0 Å². The second-order valence-corrected chi connectivity index (χ2v) is 6.60. The summed E-state index contributed by atoms with van der Waals surface area (Å²) >= 11 is 0. The summed E-state index contributed by atoms with van der Waals surface area (Å²) in [5.74, 6) is -0.942. The van der Waals surface area contributed by atoms with Gasteiger partial charge in [0, 0.05) is 31.0 Å². The van der Waals surface area contributed by atoms with Crippen molar-refractivity contribution in [2.24, 2.45) is 5.41 Å². The van der Waals surface area contributed by atoms with Crippen LogP contribution in [0.5, 0.6) is 0 Å².